The minimum absolute atomic E-state index is 0.151. The standard InChI is InChI=1S/C18H19N5O3/c1-12-2-6-15(7-3-12)26-16-8-4-13(5-9-16)18-20-22-23(21-18)11-14(19)10-17(24)25/h2-9,14H,10-11,19H2,1H3,(H,24,25)/t14-/m1/s1. The van der Waals surface area contributed by atoms with Crippen LogP contribution in [0.25, 0.3) is 11.4 Å². The van der Waals surface area contributed by atoms with Gasteiger partial charge in [0.15, 0.2) is 0 Å². The van der Waals surface area contributed by atoms with Gasteiger partial charge in [-0.1, -0.05) is 17.7 Å². The lowest BCUT2D eigenvalue weighted by molar-refractivity contribution is -0.137. The van der Waals surface area contributed by atoms with Crippen LogP contribution in [0.1, 0.15) is 12.0 Å². The molecule has 0 fully saturated rings. The van der Waals surface area contributed by atoms with Crippen molar-refractivity contribution in [3.05, 3.63) is 54.1 Å². The zero-order valence-corrected chi connectivity index (χ0v) is 14.2. The number of tetrazole rings is 1. The highest BCUT2D eigenvalue weighted by Gasteiger charge is 2.12. The van der Waals surface area contributed by atoms with E-state index in [1.807, 2.05) is 55.5 Å². The number of nitrogens with zero attached hydrogens (tertiary/aromatic N) is 4. The van der Waals surface area contributed by atoms with Crippen LogP contribution in [0.2, 0.25) is 0 Å². The van der Waals surface area contributed by atoms with Crippen molar-refractivity contribution < 1.29 is 14.6 Å². The van der Waals surface area contributed by atoms with Crippen molar-refractivity contribution in [2.45, 2.75) is 25.9 Å². The molecule has 0 aliphatic heterocycles. The summed E-state index contributed by atoms with van der Waals surface area (Å²) in [7, 11) is 0. The quantitative estimate of drug-likeness (QED) is 0.669. The molecule has 134 valence electrons. The number of carbonyl (C=O) groups is 1. The van der Waals surface area contributed by atoms with Gasteiger partial charge in [0.1, 0.15) is 11.5 Å². The molecule has 2 aromatic carbocycles. The number of aromatic nitrogens is 4. The SMILES string of the molecule is Cc1ccc(Oc2ccc(-c3nnn(C[C@H](N)CC(=O)O)n3)cc2)cc1. The molecule has 0 spiro atoms. The molecule has 3 aromatic rings. The Balaban J connectivity index is 1.65. The van der Waals surface area contributed by atoms with Gasteiger partial charge in [-0.25, -0.2) is 0 Å². The molecule has 0 aliphatic rings. The van der Waals surface area contributed by atoms with Crippen LogP contribution in [0.3, 0.4) is 0 Å². The number of benzene rings is 2. The number of hydrogen-bond donors (Lipinski definition) is 2. The molecule has 26 heavy (non-hydrogen) atoms. The predicted molar refractivity (Wildman–Crippen MR) is 94.7 cm³/mol. The molecule has 1 atom stereocenters. The second kappa shape index (κ2) is 7.75. The predicted octanol–water partition coefficient (Wildman–Crippen LogP) is 2.24. The fourth-order valence-corrected chi connectivity index (χ4v) is 2.35. The largest absolute Gasteiger partial charge is 0.481 e. The van der Waals surface area contributed by atoms with Gasteiger partial charge in [0.25, 0.3) is 0 Å². The average Bonchev–Trinajstić information content (AvgIpc) is 3.05. The van der Waals surface area contributed by atoms with Gasteiger partial charge in [-0.2, -0.15) is 4.80 Å². The maximum absolute atomic E-state index is 10.6. The molecule has 0 aliphatic carbocycles. The Morgan fingerprint density at radius 1 is 1.15 bits per heavy atom. The minimum atomic E-state index is -0.956. The minimum Gasteiger partial charge on any atom is -0.481 e. The van der Waals surface area contributed by atoms with Crippen LogP contribution in [-0.2, 0) is 11.3 Å². The lowest BCUT2D eigenvalue weighted by atomic mass is 10.2. The van der Waals surface area contributed by atoms with Gasteiger partial charge < -0.3 is 15.6 Å². The summed E-state index contributed by atoms with van der Waals surface area (Å²) in [5, 5.41) is 20.9. The first-order chi connectivity index (χ1) is 12.5. The summed E-state index contributed by atoms with van der Waals surface area (Å²) in [5.74, 6) is 0.949. The topological polar surface area (TPSA) is 116 Å². The first kappa shape index (κ1) is 17.6. The Kier molecular flexibility index (Phi) is 5.23. The highest BCUT2D eigenvalue weighted by molar-refractivity contribution is 5.67. The summed E-state index contributed by atoms with van der Waals surface area (Å²) in [6, 6.07) is 14.6. The van der Waals surface area contributed by atoms with E-state index in [9.17, 15) is 4.79 Å². The van der Waals surface area contributed by atoms with Gasteiger partial charge >= 0.3 is 5.97 Å². The van der Waals surface area contributed by atoms with Crippen molar-refractivity contribution in [2.75, 3.05) is 0 Å². The van der Waals surface area contributed by atoms with Crippen molar-refractivity contribution in [3.8, 4) is 22.9 Å². The van der Waals surface area contributed by atoms with Gasteiger partial charge in [-0.15, -0.1) is 10.2 Å². The Hall–Kier alpha value is -3.26. The highest BCUT2D eigenvalue weighted by Crippen LogP contribution is 2.24. The van der Waals surface area contributed by atoms with Crippen molar-refractivity contribution in [1.82, 2.24) is 20.2 Å². The van der Waals surface area contributed by atoms with Crippen molar-refractivity contribution in [1.29, 1.82) is 0 Å². The fourth-order valence-electron chi connectivity index (χ4n) is 2.35. The van der Waals surface area contributed by atoms with Gasteiger partial charge in [0.2, 0.25) is 5.82 Å². The molecule has 0 saturated carbocycles. The fraction of sp³-hybridized carbons (Fsp3) is 0.222. The zero-order chi connectivity index (χ0) is 18.5. The van der Waals surface area contributed by atoms with Crippen LogP contribution in [0.15, 0.2) is 48.5 Å². The first-order valence-corrected chi connectivity index (χ1v) is 8.10. The van der Waals surface area contributed by atoms with Crippen molar-refractivity contribution in [2.24, 2.45) is 5.73 Å². The van der Waals surface area contributed by atoms with Gasteiger partial charge in [0.05, 0.1) is 13.0 Å². The van der Waals surface area contributed by atoms with E-state index in [1.165, 1.54) is 10.4 Å². The summed E-state index contributed by atoms with van der Waals surface area (Å²) < 4.78 is 5.79. The van der Waals surface area contributed by atoms with Crippen LogP contribution < -0.4 is 10.5 Å². The van der Waals surface area contributed by atoms with E-state index in [2.05, 4.69) is 15.4 Å². The summed E-state index contributed by atoms with van der Waals surface area (Å²) in [5.41, 5.74) is 7.68. The van der Waals surface area contributed by atoms with E-state index >= 15 is 0 Å². The van der Waals surface area contributed by atoms with E-state index in [4.69, 9.17) is 15.6 Å². The Labute approximate surface area is 150 Å². The van der Waals surface area contributed by atoms with Crippen molar-refractivity contribution in [3.63, 3.8) is 0 Å². The van der Waals surface area contributed by atoms with Crippen molar-refractivity contribution >= 4 is 5.97 Å². The molecule has 3 rings (SSSR count). The third kappa shape index (κ3) is 4.64. The third-order valence-electron chi connectivity index (χ3n) is 3.66. The molecule has 0 unspecified atom stereocenters. The Morgan fingerprint density at radius 2 is 1.77 bits per heavy atom. The van der Waals surface area contributed by atoms with Crippen LogP contribution in [0.5, 0.6) is 11.5 Å². The maximum Gasteiger partial charge on any atom is 0.304 e. The molecule has 0 bridgehead atoms. The van der Waals surface area contributed by atoms with Crippen LogP contribution in [0, 0.1) is 6.92 Å². The highest BCUT2D eigenvalue weighted by atomic mass is 16.5. The normalized spacial score (nSPS) is 11.9. The Bertz CT molecular complexity index is 875. The van der Waals surface area contributed by atoms with Crippen LogP contribution >= 0.6 is 0 Å². The molecule has 3 N–H and O–H groups in total. The molecule has 0 saturated heterocycles. The molecular weight excluding hydrogens is 334 g/mol. The summed E-state index contributed by atoms with van der Waals surface area (Å²) in [6.45, 7) is 2.21. The number of carboxylic acid groups (broad SMARTS) is 1. The molecule has 1 aromatic heterocycles. The zero-order valence-electron chi connectivity index (χ0n) is 14.2. The van der Waals surface area contributed by atoms with E-state index in [0.717, 1.165) is 11.3 Å². The molecule has 8 nitrogen and oxygen atoms in total. The Morgan fingerprint density at radius 3 is 2.38 bits per heavy atom. The molecule has 0 radical (unpaired) electrons. The number of carboxylic acids is 1. The molecular formula is C18H19N5O3. The number of ether oxygens (including phenoxy) is 1. The second-order valence-corrected chi connectivity index (χ2v) is 5.97. The van der Waals surface area contributed by atoms with Crippen LogP contribution in [-0.4, -0.2) is 37.3 Å². The number of aryl methyl sites for hydroxylation is 1. The molecule has 1 heterocycles. The number of nitrogens with two attached hydrogens (primary N) is 1. The number of rotatable bonds is 7. The number of aliphatic carboxylic acids is 1. The lowest BCUT2D eigenvalue weighted by Gasteiger charge is -2.06. The lowest BCUT2D eigenvalue weighted by Crippen LogP contribution is -2.30. The van der Waals surface area contributed by atoms with Gasteiger partial charge in [0, 0.05) is 11.6 Å². The monoisotopic (exact) mass is 353 g/mol. The van der Waals surface area contributed by atoms with E-state index in [-0.39, 0.29) is 13.0 Å². The van der Waals surface area contributed by atoms with Crippen LogP contribution in [0.4, 0.5) is 0 Å². The summed E-state index contributed by atoms with van der Waals surface area (Å²) in [6.07, 6.45) is -0.151. The van der Waals surface area contributed by atoms with Gasteiger partial charge in [-0.3, -0.25) is 4.79 Å². The molecule has 0 amide bonds. The van der Waals surface area contributed by atoms with Gasteiger partial charge in [-0.05, 0) is 48.5 Å². The average molecular weight is 353 g/mol. The summed E-state index contributed by atoms with van der Waals surface area (Å²) in [4.78, 5) is 12.0. The molecule has 8 heteroatoms. The summed E-state index contributed by atoms with van der Waals surface area (Å²) >= 11 is 0. The number of hydrogen-bond acceptors (Lipinski definition) is 6. The van der Waals surface area contributed by atoms with E-state index in [1.54, 1.807) is 0 Å². The third-order valence-corrected chi connectivity index (χ3v) is 3.66. The first-order valence-electron chi connectivity index (χ1n) is 8.10. The second-order valence-electron chi connectivity index (χ2n) is 5.97. The smallest absolute Gasteiger partial charge is 0.304 e. The van der Waals surface area contributed by atoms with E-state index in [0.29, 0.717) is 11.6 Å². The maximum atomic E-state index is 10.6. The van der Waals surface area contributed by atoms with E-state index < -0.39 is 12.0 Å².